The third kappa shape index (κ3) is 2.08. The molecule has 1 aromatic carbocycles. The van der Waals surface area contributed by atoms with Crippen molar-refractivity contribution in [1.82, 2.24) is 0 Å². The van der Waals surface area contributed by atoms with Gasteiger partial charge < -0.3 is 5.73 Å². The van der Waals surface area contributed by atoms with E-state index in [1.807, 2.05) is 0 Å². The lowest BCUT2D eigenvalue weighted by atomic mass is 10.0. The molecule has 12 heavy (non-hydrogen) atoms. The van der Waals surface area contributed by atoms with Gasteiger partial charge in [0.1, 0.15) is 0 Å². The molecule has 0 aliphatic rings. The van der Waals surface area contributed by atoms with Crippen LogP contribution in [0.15, 0.2) is 30.9 Å². The lowest BCUT2D eigenvalue weighted by Crippen LogP contribution is -2.08. The van der Waals surface area contributed by atoms with Gasteiger partial charge in [-0.25, -0.2) is 0 Å². The molecule has 1 rings (SSSR count). The van der Waals surface area contributed by atoms with Gasteiger partial charge in [0.2, 0.25) is 0 Å². The highest BCUT2D eigenvalue weighted by Gasteiger charge is 2.04. The molecule has 0 heterocycles. The molecule has 0 fully saturated rings. The van der Waals surface area contributed by atoms with Crippen LogP contribution in [0.5, 0.6) is 0 Å². The summed E-state index contributed by atoms with van der Waals surface area (Å²) in [5, 5.41) is 0. The Morgan fingerprint density at radius 3 is 2.75 bits per heavy atom. The van der Waals surface area contributed by atoms with Crippen molar-refractivity contribution >= 4 is 22.6 Å². The van der Waals surface area contributed by atoms with Crippen LogP contribution in [-0.2, 0) is 0 Å². The Morgan fingerprint density at radius 1 is 1.58 bits per heavy atom. The second-order valence-corrected chi connectivity index (χ2v) is 4.01. The van der Waals surface area contributed by atoms with Crippen LogP contribution in [0.1, 0.15) is 17.2 Å². The molecule has 0 aromatic heterocycles. The number of hydrogen-bond acceptors (Lipinski definition) is 1. The molecule has 0 bridgehead atoms. The van der Waals surface area contributed by atoms with Crippen molar-refractivity contribution in [1.29, 1.82) is 0 Å². The van der Waals surface area contributed by atoms with Gasteiger partial charge in [0, 0.05) is 9.61 Å². The van der Waals surface area contributed by atoms with Gasteiger partial charge in [-0.1, -0.05) is 12.1 Å². The monoisotopic (exact) mass is 273 g/mol. The summed E-state index contributed by atoms with van der Waals surface area (Å²) in [5.74, 6) is 0. The van der Waals surface area contributed by atoms with Crippen molar-refractivity contribution in [2.75, 3.05) is 0 Å². The molecule has 0 aliphatic carbocycles. The Bertz CT molecular complexity index is 294. The zero-order valence-electron chi connectivity index (χ0n) is 7.05. The SMILES string of the molecule is C=CC(N)c1ccc(I)cc1C. The van der Waals surface area contributed by atoms with Crippen molar-refractivity contribution in [2.24, 2.45) is 5.73 Å². The van der Waals surface area contributed by atoms with Crippen LogP contribution in [0.3, 0.4) is 0 Å². The van der Waals surface area contributed by atoms with E-state index in [-0.39, 0.29) is 6.04 Å². The average Bonchev–Trinajstić information content (AvgIpc) is 2.03. The summed E-state index contributed by atoms with van der Waals surface area (Å²) in [6.07, 6.45) is 1.76. The predicted molar refractivity (Wildman–Crippen MR) is 61.0 cm³/mol. The number of benzene rings is 1. The minimum absolute atomic E-state index is 0.0398. The summed E-state index contributed by atoms with van der Waals surface area (Å²) in [6, 6.07) is 6.21. The first kappa shape index (κ1) is 9.74. The van der Waals surface area contributed by atoms with Crippen LogP contribution in [0.2, 0.25) is 0 Å². The van der Waals surface area contributed by atoms with Gasteiger partial charge in [-0.05, 0) is 52.8 Å². The van der Waals surface area contributed by atoms with E-state index in [0.717, 1.165) is 5.56 Å². The van der Waals surface area contributed by atoms with Crippen LogP contribution in [-0.4, -0.2) is 0 Å². The molecule has 0 amide bonds. The second-order valence-electron chi connectivity index (χ2n) is 2.76. The molecule has 1 atom stereocenters. The van der Waals surface area contributed by atoms with E-state index in [9.17, 15) is 0 Å². The van der Waals surface area contributed by atoms with Crippen molar-refractivity contribution in [3.63, 3.8) is 0 Å². The Balaban J connectivity index is 3.09. The van der Waals surface area contributed by atoms with E-state index >= 15 is 0 Å². The van der Waals surface area contributed by atoms with Gasteiger partial charge in [-0.2, -0.15) is 0 Å². The van der Waals surface area contributed by atoms with Crippen molar-refractivity contribution in [2.45, 2.75) is 13.0 Å². The maximum Gasteiger partial charge on any atom is 0.0481 e. The van der Waals surface area contributed by atoms with Gasteiger partial charge in [-0.15, -0.1) is 6.58 Å². The molecular formula is C10H12IN. The molecule has 1 unspecified atom stereocenters. The van der Waals surface area contributed by atoms with Gasteiger partial charge in [-0.3, -0.25) is 0 Å². The number of rotatable bonds is 2. The van der Waals surface area contributed by atoms with Gasteiger partial charge in [0.05, 0.1) is 0 Å². The van der Waals surface area contributed by atoms with E-state index in [4.69, 9.17) is 5.73 Å². The Hall–Kier alpha value is -0.350. The standard InChI is InChI=1S/C10H12IN/c1-3-10(12)9-5-4-8(11)6-7(9)2/h3-6,10H,1,12H2,2H3. The third-order valence-electron chi connectivity index (χ3n) is 1.84. The lowest BCUT2D eigenvalue weighted by Gasteiger charge is -2.10. The number of hydrogen-bond donors (Lipinski definition) is 1. The van der Waals surface area contributed by atoms with Gasteiger partial charge in [0.25, 0.3) is 0 Å². The molecule has 0 spiro atoms. The van der Waals surface area contributed by atoms with Gasteiger partial charge in [0.15, 0.2) is 0 Å². The van der Waals surface area contributed by atoms with Crippen LogP contribution < -0.4 is 5.73 Å². The minimum Gasteiger partial charge on any atom is -0.321 e. The smallest absolute Gasteiger partial charge is 0.0481 e. The Labute approximate surface area is 86.8 Å². The van der Waals surface area contributed by atoms with E-state index in [2.05, 4.69) is 54.3 Å². The molecule has 0 saturated heterocycles. The van der Waals surface area contributed by atoms with E-state index < -0.39 is 0 Å². The Morgan fingerprint density at radius 2 is 2.25 bits per heavy atom. The first-order chi connectivity index (χ1) is 5.65. The fourth-order valence-electron chi connectivity index (χ4n) is 1.14. The summed E-state index contributed by atoms with van der Waals surface area (Å²) in [4.78, 5) is 0. The largest absolute Gasteiger partial charge is 0.321 e. The zero-order chi connectivity index (χ0) is 9.14. The van der Waals surface area contributed by atoms with Crippen LogP contribution in [0, 0.1) is 10.5 Å². The van der Waals surface area contributed by atoms with Crippen molar-refractivity contribution in [3.05, 3.63) is 45.6 Å². The van der Waals surface area contributed by atoms with Gasteiger partial charge >= 0.3 is 0 Å². The first-order valence-electron chi connectivity index (χ1n) is 3.79. The summed E-state index contributed by atoms with van der Waals surface area (Å²) < 4.78 is 1.24. The quantitative estimate of drug-likeness (QED) is 0.650. The maximum absolute atomic E-state index is 5.82. The highest BCUT2D eigenvalue weighted by atomic mass is 127. The molecule has 0 saturated carbocycles. The second kappa shape index (κ2) is 4.05. The van der Waals surface area contributed by atoms with E-state index in [1.165, 1.54) is 9.13 Å². The lowest BCUT2D eigenvalue weighted by molar-refractivity contribution is 0.902. The van der Waals surface area contributed by atoms with Crippen molar-refractivity contribution < 1.29 is 0 Å². The summed E-state index contributed by atoms with van der Waals surface area (Å²) >= 11 is 2.29. The summed E-state index contributed by atoms with van der Waals surface area (Å²) in [7, 11) is 0. The van der Waals surface area contributed by atoms with Crippen molar-refractivity contribution in [3.8, 4) is 0 Å². The fourth-order valence-corrected chi connectivity index (χ4v) is 1.79. The molecule has 0 aliphatic heterocycles. The predicted octanol–water partition coefficient (Wildman–Crippen LogP) is 2.79. The van der Waals surface area contributed by atoms with Crippen LogP contribution in [0.4, 0.5) is 0 Å². The van der Waals surface area contributed by atoms with E-state index in [0.29, 0.717) is 0 Å². The normalized spacial score (nSPS) is 12.6. The Kier molecular flexibility index (Phi) is 3.29. The summed E-state index contributed by atoms with van der Waals surface area (Å²) in [6.45, 7) is 5.74. The molecule has 1 nitrogen and oxygen atoms in total. The summed E-state index contributed by atoms with van der Waals surface area (Å²) in [5.41, 5.74) is 8.21. The average molecular weight is 273 g/mol. The molecule has 1 aromatic rings. The van der Waals surface area contributed by atoms with Crippen LogP contribution in [0.25, 0.3) is 0 Å². The van der Waals surface area contributed by atoms with E-state index in [1.54, 1.807) is 6.08 Å². The number of halogens is 1. The highest BCUT2D eigenvalue weighted by molar-refractivity contribution is 14.1. The molecular weight excluding hydrogens is 261 g/mol. The molecule has 64 valence electrons. The number of aryl methyl sites for hydroxylation is 1. The topological polar surface area (TPSA) is 26.0 Å². The fraction of sp³-hybridized carbons (Fsp3) is 0.200. The molecule has 0 radical (unpaired) electrons. The highest BCUT2D eigenvalue weighted by Crippen LogP contribution is 2.18. The number of nitrogens with two attached hydrogens (primary N) is 1. The maximum atomic E-state index is 5.82. The molecule has 2 heteroatoms. The third-order valence-corrected chi connectivity index (χ3v) is 2.52. The van der Waals surface area contributed by atoms with Crippen LogP contribution >= 0.6 is 22.6 Å². The minimum atomic E-state index is -0.0398. The first-order valence-corrected chi connectivity index (χ1v) is 4.87. The molecule has 2 N–H and O–H groups in total. The zero-order valence-corrected chi connectivity index (χ0v) is 9.21.